The summed E-state index contributed by atoms with van der Waals surface area (Å²) in [5.41, 5.74) is 1.47. The van der Waals surface area contributed by atoms with Crippen molar-refractivity contribution in [2.45, 2.75) is 43.8 Å². The molecule has 1 saturated carbocycles. The first-order valence-corrected chi connectivity index (χ1v) is 6.91. The number of hydrogen-bond donors (Lipinski definition) is 0. The first kappa shape index (κ1) is 10.2. The summed E-state index contributed by atoms with van der Waals surface area (Å²) in [7, 11) is -0.477. The lowest BCUT2D eigenvalue weighted by atomic mass is 10.2. The fourth-order valence-electron chi connectivity index (χ4n) is 1.88. The van der Waals surface area contributed by atoms with Crippen molar-refractivity contribution >= 4 is 10.8 Å². The van der Waals surface area contributed by atoms with Crippen LogP contribution in [0.25, 0.3) is 0 Å². The van der Waals surface area contributed by atoms with Crippen LogP contribution in [0.5, 0.6) is 0 Å². The molecule has 0 spiro atoms. The summed E-state index contributed by atoms with van der Waals surface area (Å²) in [5, 5.41) is 0.498. The Morgan fingerprint density at radius 1 is 1.43 bits per heavy atom. The highest BCUT2D eigenvalue weighted by molar-refractivity contribution is 7.92. The first-order valence-electron chi connectivity index (χ1n) is 5.53. The molecule has 80 valence electrons. The van der Waals surface area contributed by atoms with Gasteiger partial charge in [0.1, 0.15) is 0 Å². The minimum Gasteiger partial charge on any atom is -0.501 e. The van der Waals surface area contributed by atoms with E-state index in [1.165, 1.54) is 31.3 Å². The largest absolute Gasteiger partial charge is 0.501 e. The van der Waals surface area contributed by atoms with Crippen molar-refractivity contribution < 1.29 is 8.95 Å². The third kappa shape index (κ3) is 3.12. The van der Waals surface area contributed by atoms with Crippen molar-refractivity contribution in [2.75, 3.05) is 12.4 Å². The van der Waals surface area contributed by atoms with Crippen molar-refractivity contribution in [3.8, 4) is 0 Å². The molecule has 2 unspecified atom stereocenters. The SMILES string of the molecule is O=S1CC1CCCOC=C1CCCC1. The van der Waals surface area contributed by atoms with Crippen LogP contribution in [0.15, 0.2) is 11.8 Å². The molecule has 0 N–H and O–H groups in total. The van der Waals surface area contributed by atoms with E-state index in [-0.39, 0.29) is 0 Å². The van der Waals surface area contributed by atoms with Crippen molar-refractivity contribution in [3.05, 3.63) is 11.8 Å². The highest BCUT2D eigenvalue weighted by Crippen LogP contribution is 2.24. The Morgan fingerprint density at radius 2 is 2.14 bits per heavy atom. The van der Waals surface area contributed by atoms with Gasteiger partial charge in [-0.25, -0.2) is 0 Å². The van der Waals surface area contributed by atoms with E-state index in [0.29, 0.717) is 5.25 Å². The molecule has 14 heavy (non-hydrogen) atoms. The van der Waals surface area contributed by atoms with Crippen LogP contribution in [0, 0.1) is 0 Å². The molecular formula is C11H18O2S. The third-order valence-electron chi connectivity index (χ3n) is 2.89. The number of hydrogen-bond acceptors (Lipinski definition) is 2. The second kappa shape index (κ2) is 4.96. The molecule has 0 bridgehead atoms. The average Bonchev–Trinajstić information content (AvgIpc) is 2.69. The van der Waals surface area contributed by atoms with E-state index in [2.05, 4.69) is 0 Å². The van der Waals surface area contributed by atoms with Crippen LogP contribution in [-0.4, -0.2) is 21.8 Å². The topological polar surface area (TPSA) is 26.3 Å². The maximum absolute atomic E-state index is 10.8. The molecule has 0 aromatic carbocycles. The van der Waals surface area contributed by atoms with Crippen LogP contribution in [0.3, 0.4) is 0 Å². The summed E-state index contributed by atoms with van der Waals surface area (Å²) in [6, 6.07) is 0. The quantitative estimate of drug-likeness (QED) is 0.399. The molecule has 3 heteroatoms. The molecule has 0 amide bonds. The lowest BCUT2D eigenvalue weighted by molar-refractivity contribution is 0.239. The van der Waals surface area contributed by atoms with E-state index in [1.54, 1.807) is 0 Å². The van der Waals surface area contributed by atoms with Gasteiger partial charge in [-0.2, -0.15) is 0 Å². The molecule has 1 saturated heterocycles. The second-order valence-corrected chi connectivity index (χ2v) is 5.93. The zero-order chi connectivity index (χ0) is 9.80. The van der Waals surface area contributed by atoms with Gasteiger partial charge >= 0.3 is 0 Å². The number of ether oxygens (including phenoxy) is 1. The molecule has 0 aromatic rings. The molecule has 1 aliphatic heterocycles. The van der Waals surface area contributed by atoms with Gasteiger partial charge in [0.25, 0.3) is 0 Å². The molecule has 0 radical (unpaired) electrons. The van der Waals surface area contributed by atoms with E-state index in [0.717, 1.165) is 25.2 Å². The monoisotopic (exact) mass is 214 g/mol. The van der Waals surface area contributed by atoms with Gasteiger partial charge in [-0.05, 0) is 44.1 Å². The fourth-order valence-corrected chi connectivity index (χ4v) is 2.93. The summed E-state index contributed by atoms with van der Waals surface area (Å²) in [6.45, 7) is 0.803. The maximum atomic E-state index is 10.8. The van der Waals surface area contributed by atoms with Gasteiger partial charge in [-0.3, -0.25) is 4.21 Å². The summed E-state index contributed by atoms with van der Waals surface area (Å²) in [6.07, 6.45) is 9.21. The summed E-state index contributed by atoms with van der Waals surface area (Å²) in [4.78, 5) is 0. The first-order chi connectivity index (χ1) is 6.86. The van der Waals surface area contributed by atoms with Gasteiger partial charge in [-0.1, -0.05) is 0 Å². The molecule has 2 aliphatic rings. The third-order valence-corrected chi connectivity index (χ3v) is 4.34. The molecule has 1 heterocycles. The van der Waals surface area contributed by atoms with Gasteiger partial charge in [-0.15, -0.1) is 0 Å². The number of rotatable bonds is 5. The van der Waals surface area contributed by atoms with Crippen molar-refractivity contribution in [1.82, 2.24) is 0 Å². The minimum atomic E-state index is -0.477. The Bertz CT molecular complexity index is 240. The van der Waals surface area contributed by atoms with Crippen LogP contribution in [0.1, 0.15) is 38.5 Å². The fraction of sp³-hybridized carbons (Fsp3) is 0.818. The molecule has 1 aliphatic carbocycles. The Labute approximate surface area is 88.2 Å². The Morgan fingerprint density at radius 3 is 2.79 bits per heavy atom. The molecule has 2 rings (SSSR count). The normalized spacial score (nSPS) is 30.4. The molecule has 2 fully saturated rings. The predicted molar refractivity (Wildman–Crippen MR) is 58.5 cm³/mol. The average molecular weight is 214 g/mol. The standard InChI is InChI=1S/C11H18O2S/c12-14-9-11(14)6-3-7-13-8-10-4-1-2-5-10/h8,11H,1-7,9H2. The van der Waals surface area contributed by atoms with E-state index in [9.17, 15) is 4.21 Å². The summed E-state index contributed by atoms with van der Waals surface area (Å²) >= 11 is 0. The van der Waals surface area contributed by atoms with Crippen molar-refractivity contribution in [1.29, 1.82) is 0 Å². The highest BCUT2D eigenvalue weighted by atomic mass is 32.2. The number of allylic oxidation sites excluding steroid dienone is 1. The predicted octanol–water partition coefficient (Wildman–Crippen LogP) is 2.37. The van der Waals surface area contributed by atoms with Crippen LogP contribution >= 0.6 is 0 Å². The molecule has 2 atom stereocenters. The van der Waals surface area contributed by atoms with Gasteiger partial charge < -0.3 is 4.74 Å². The second-order valence-electron chi connectivity index (χ2n) is 4.17. The lowest BCUT2D eigenvalue weighted by Crippen LogP contribution is -1.93. The zero-order valence-corrected chi connectivity index (χ0v) is 9.35. The Balaban J connectivity index is 1.50. The van der Waals surface area contributed by atoms with Gasteiger partial charge in [0.05, 0.1) is 12.9 Å². The van der Waals surface area contributed by atoms with Crippen LogP contribution in [-0.2, 0) is 15.5 Å². The molecular weight excluding hydrogens is 196 g/mol. The van der Waals surface area contributed by atoms with E-state index >= 15 is 0 Å². The Hall–Kier alpha value is -0.310. The smallest absolute Gasteiger partial charge is 0.0873 e. The van der Waals surface area contributed by atoms with Crippen molar-refractivity contribution in [3.63, 3.8) is 0 Å². The molecule has 2 nitrogen and oxygen atoms in total. The van der Waals surface area contributed by atoms with Crippen molar-refractivity contribution in [2.24, 2.45) is 0 Å². The van der Waals surface area contributed by atoms with Crippen LogP contribution in [0.2, 0.25) is 0 Å². The lowest BCUT2D eigenvalue weighted by Gasteiger charge is -2.01. The summed E-state index contributed by atoms with van der Waals surface area (Å²) in [5.74, 6) is 0.932. The van der Waals surface area contributed by atoms with E-state index in [4.69, 9.17) is 4.74 Å². The van der Waals surface area contributed by atoms with Gasteiger partial charge in [0.15, 0.2) is 0 Å². The van der Waals surface area contributed by atoms with Gasteiger partial charge in [0.2, 0.25) is 0 Å². The maximum Gasteiger partial charge on any atom is 0.0873 e. The van der Waals surface area contributed by atoms with E-state index < -0.39 is 10.8 Å². The van der Waals surface area contributed by atoms with E-state index in [1.807, 2.05) is 6.26 Å². The molecule has 0 aromatic heterocycles. The zero-order valence-electron chi connectivity index (χ0n) is 8.54. The van der Waals surface area contributed by atoms with Crippen LogP contribution in [0.4, 0.5) is 0 Å². The van der Waals surface area contributed by atoms with Gasteiger partial charge in [0, 0.05) is 21.8 Å². The summed E-state index contributed by atoms with van der Waals surface area (Å²) < 4.78 is 16.3. The minimum absolute atomic E-state index is 0.477. The highest BCUT2D eigenvalue weighted by Gasteiger charge is 2.31. The Kier molecular flexibility index (Phi) is 3.62. The van der Waals surface area contributed by atoms with Crippen LogP contribution < -0.4 is 0 Å².